The Kier molecular flexibility index (Phi) is 3.78. The van der Waals surface area contributed by atoms with Crippen LogP contribution in [-0.4, -0.2) is 23.9 Å². The van der Waals surface area contributed by atoms with Gasteiger partial charge in [-0.25, -0.2) is 9.97 Å². The predicted molar refractivity (Wildman–Crippen MR) is 82.9 cm³/mol. The number of benzene rings is 1. The molecule has 1 aromatic carbocycles. The van der Waals surface area contributed by atoms with Crippen LogP contribution in [0.25, 0.3) is 11.4 Å². The van der Waals surface area contributed by atoms with Gasteiger partial charge in [-0.1, -0.05) is 23.2 Å². The smallest absolute Gasteiger partial charge is 0.231 e. The summed E-state index contributed by atoms with van der Waals surface area (Å²) in [5.74, 6) is 2.09. The average molecular weight is 425 g/mol. The van der Waals surface area contributed by atoms with Crippen molar-refractivity contribution >= 4 is 45.8 Å². The van der Waals surface area contributed by atoms with Crippen molar-refractivity contribution in [3.8, 4) is 28.6 Å². The second-order valence-electron chi connectivity index (χ2n) is 3.86. The number of ether oxygens (including phenoxy) is 3. The van der Waals surface area contributed by atoms with Crippen molar-refractivity contribution in [1.29, 1.82) is 0 Å². The SMILES string of the molecule is COc1cc(-c2nc(Cl)c(I)c(Cl)n2)cc2c1OCO2. The van der Waals surface area contributed by atoms with Crippen LogP contribution >= 0.6 is 45.8 Å². The molecule has 2 aromatic rings. The van der Waals surface area contributed by atoms with E-state index in [2.05, 4.69) is 9.97 Å². The number of rotatable bonds is 2. The van der Waals surface area contributed by atoms with Crippen molar-refractivity contribution in [1.82, 2.24) is 9.97 Å². The highest BCUT2D eigenvalue weighted by Crippen LogP contribution is 2.44. The van der Waals surface area contributed by atoms with Crippen LogP contribution in [0.1, 0.15) is 0 Å². The zero-order chi connectivity index (χ0) is 14.3. The summed E-state index contributed by atoms with van der Waals surface area (Å²) < 4.78 is 16.6. The summed E-state index contributed by atoms with van der Waals surface area (Å²) in [6.45, 7) is 0.157. The minimum absolute atomic E-state index is 0.157. The summed E-state index contributed by atoms with van der Waals surface area (Å²) >= 11 is 14.0. The molecule has 2 heterocycles. The third kappa shape index (κ3) is 2.36. The molecular formula is C12H7Cl2IN2O3. The summed E-state index contributed by atoms with van der Waals surface area (Å²) in [7, 11) is 1.55. The number of halogens is 3. The lowest BCUT2D eigenvalue weighted by molar-refractivity contribution is 0.171. The van der Waals surface area contributed by atoms with Gasteiger partial charge in [0.2, 0.25) is 12.5 Å². The van der Waals surface area contributed by atoms with Crippen LogP contribution in [0.2, 0.25) is 10.3 Å². The third-order valence-corrected chi connectivity index (χ3v) is 4.89. The van der Waals surface area contributed by atoms with E-state index in [1.165, 1.54) is 0 Å². The summed E-state index contributed by atoms with van der Waals surface area (Å²) in [5.41, 5.74) is 0.686. The molecule has 0 amide bonds. The zero-order valence-corrected chi connectivity index (χ0v) is 13.8. The molecule has 0 saturated heterocycles. The molecular weight excluding hydrogens is 418 g/mol. The minimum atomic E-state index is 0.157. The summed E-state index contributed by atoms with van der Waals surface area (Å²) in [6, 6.07) is 3.52. The Hall–Kier alpha value is -0.990. The summed E-state index contributed by atoms with van der Waals surface area (Å²) in [4.78, 5) is 8.43. The molecule has 20 heavy (non-hydrogen) atoms. The quantitative estimate of drug-likeness (QED) is 0.542. The fourth-order valence-electron chi connectivity index (χ4n) is 1.78. The predicted octanol–water partition coefficient (Wildman–Crippen LogP) is 3.79. The Morgan fingerprint density at radius 2 is 1.90 bits per heavy atom. The first-order valence-corrected chi connectivity index (χ1v) is 7.30. The van der Waals surface area contributed by atoms with Gasteiger partial charge in [0.05, 0.1) is 10.7 Å². The van der Waals surface area contributed by atoms with Crippen LogP contribution in [0.15, 0.2) is 12.1 Å². The van der Waals surface area contributed by atoms with Crippen LogP contribution < -0.4 is 14.2 Å². The van der Waals surface area contributed by atoms with Crippen molar-refractivity contribution < 1.29 is 14.2 Å². The monoisotopic (exact) mass is 424 g/mol. The van der Waals surface area contributed by atoms with E-state index in [0.29, 0.717) is 42.5 Å². The van der Waals surface area contributed by atoms with Crippen molar-refractivity contribution in [2.24, 2.45) is 0 Å². The van der Waals surface area contributed by atoms with E-state index < -0.39 is 0 Å². The summed E-state index contributed by atoms with van der Waals surface area (Å²) in [5, 5.41) is 0.606. The van der Waals surface area contributed by atoms with E-state index in [1.54, 1.807) is 19.2 Å². The number of aromatic nitrogens is 2. The van der Waals surface area contributed by atoms with E-state index in [0.717, 1.165) is 0 Å². The number of methoxy groups -OCH3 is 1. The molecule has 1 aliphatic rings. The molecule has 0 aliphatic carbocycles. The molecule has 0 radical (unpaired) electrons. The van der Waals surface area contributed by atoms with E-state index in [4.69, 9.17) is 37.4 Å². The first kappa shape index (κ1) is 14.0. The van der Waals surface area contributed by atoms with Crippen molar-refractivity contribution in [3.63, 3.8) is 0 Å². The second kappa shape index (κ2) is 5.42. The van der Waals surface area contributed by atoms with Crippen molar-refractivity contribution in [3.05, 3.63) is 26.0 Å². The topological polar surface area (TPSA) is 53.5 Å². The molecule has 3 rings (SSSR count). The normalized spacial score (nSPS) is 12.6. The number of hydrogen-bond donors (Lipinski definition) is 0. The molecule has 0 spiro atoms. The highest BCUT2D eigenvalue weighted by Gasteiger charge is 2.22. The summed E-state index contributed by atoms with van der Waals surface area (Å²) in [6.07, 6.45) is 0. The number of nitrogens with zero attached hydrogens (tertiary/aromatic N) is 2. The van der Waals surface area contributed by atoms with Crippen LogP contribution in [0.3, 0.4) is 0 Å². The minimum Gasteiger partial charge on any atom is -0.493 e. The largest absolute Gasteiger partial charge is 0.493 e. The van der Waals surface area contributed by atoms with Gasteiger partial charge in [0.25, 0.3) is 0 Å². The molecule has 0 fully saturated rings. The van der Waals surface area contributed by atoms with Crippen LogP contribution in [0.5, 0.6) is 17.2 Å². The van der Waals surface area contributed by atoms with Crippen LogP contribution in [0, 0.1) is 3.57 Å². The fraction of sp³-hybridized carbons (Fsp3) is 0.167. The maximum absolute atomic E-state index is 6.03. The molecule has 1 aliphatic heterocycles. The number of hydrogen-bond acceptors (Lipinski definition) is 5. The Labute approximate surface area is 138 Å². The molecule has 1 aromatic heterocycles. The Balaban J connectivity index is 2.16. The van der Waals surface area contributed by atoms with E-state index in [-0.39, 0.29) is 6.79 Å². The Morgan fingerprint density at radius 3 is 2.55 bits per heavy atom. The van der Waals surface area contributed by atoms with Gasteiger partial charge >= 0.3 is 0 Å². The molecule has 0 bridgehead atoms. The molecule has 0 unspecified atom stereocenters. The highest BCUT2D eigenvalue weighted by molar-refractivity contribution is 14.1. The van der Waals surface area contributed by atoms with Gasteiger partial charge in [-0.2, -0.15) is 0 Å². The van der Waals surface area contributed by atoms with E-state index in [1.807, 2.05) is 22.6 Å². The zero-order valence-electron chi connectivity index (χ0n) is 10.1. The van der Waals surface area contributed by atoms with Gasteiger partial charge in [0.1, 0.15) is 10.3 Å². The van der Waals surface area contributed by atoms with Crippen molar-refractivity contribution in [2.75, 3.05) is 13.9 Å². The average Bonchev–Trinajstić information content (AvgIpc) is 2.91. The molecule has 0 N–H and O–H groups in total. The van der Waals surface area contributed by atoms with Crippen molar-refractivity contribution in [2.45, 2.75) is 0 Å². The first-order valence-electron chi connectivity index (χ1n) is 5.46. The maximum Gasteiger partial charge on any atom is 0.231 e. The highest BCUT2D eigenvalue weighted by atomic mass is 127. The molecule has 104 valence electrons. The van der Waals surface area contributed by atoms with Gasteiger partial charge in [0, 0.05) is 5.56 Å². The van der Waals surface area contributed by atoms with Gasteiger partial charge in [-0.05, 0) is 34.7 Å². The van der Waals surface area contributed by atoms with E-state index in [9.17, 15) is 0 Å². The Bertz CT molecular complexity index is 674. The Morgan fingerprint density at radius 1 is 1.20 bits per heavy atom. The lowest BCUT2D eigenvalue weighted by Crippen LogP contribution is -1.95. The standard InChI is InChI=1S/C12H7Cl2IN2O3/c1-18-6-2-5(3-7-9(6)20-4-19-7)12-16-10(13)8(15)11(14)17-12/h2-3H,4H2,1H3. The van der Waals surface area contributed by atoms with Gasteiger partial charge in [-0.15, -0.1) is 0 Å². The van der Waals surface area contributed by atoms with Gasteiger partial charge < -0.3 is 14.2 Å². The first-order chi connectivity index (χ1) is 9.60. The third-order valence-electron chi connectivity index (χ3n) is 2.69. The van der Waals surface area contributed by atoms with Crippen LogP contribution in [-0.2, 0) is 0 Å². The lowest BCUT2D eigenvalue weighted by atomic mass is 10.1. The molecule has 0 saturated carbocycles. The lowest BCUT2D eigenvalue weighted by Gasteiger charge is -2.08. The molecule has 5 nitrogen and oxygen atoms in total. The van der Waals surface area contributed by atoms with Gasteiger partial charge in [0.15, 0.2) is 17.3 Å². The number of fused-ring (bicyclic) bond motifs is 1. The molecule has 8 heteroatoms. The fourth-order valence-corrected chi connectivity index (χ4v) is 2.41. The second-order valence-corrected chi connectivity index (χ2v) is 5.65. The van der Waals surface area contributed by atoms with E-state index >= 15 is 0 Å². The molecule has 0 atom stereocenters. The maximum atomic E-state index is 6.03. The van der Waals surface area contributed by atoms with Gasteiger partial charge in [-0.3, -0.25) is 0 Å². The van der Waals surface area contributed by atoms with Crippen LogP contribution in [0.4, 0.5) is 0 Å².